The van der Waals surface area contributed by atoms with Gasteiger partial charge in [-0.05, 0) is 30.5 Å². The van der Waals surface area contributed by atoms with Crippen molar-refractivity contribution in [3.05, 3.63) is 59.3 Å². The van der Waals surface area contributed by atoms with Crippen LogP contribution in [0.2, 0.25) is 0 Å². The van der Waals surface area contributed by atoms with Crippen LogP contribution in [-0.4, -0.2) is 78.6 Å². The summed E-state index contributed by atoms with van der Waals surface area (Å²) in [5, 5.41) is 17.7. The van der Waals surface area contributed by atoms with Gasteiger partial charge in [-0.25, -0.2) is 8.42 Å². The van der Waals surface area contributed by atoms with E-state index in [-0.39, 0.29) is 58.5 Å². The maximum absolute atomic E-state index is 13.5. The lowest BCUT2D eigenvalue weighted by Crippen LogP contribution is -2.50. The molecule has 0 aliphatic carbocycles. The van der Waals surface area contributed by atoms with Gasteiger partial charge in [0.2, 0.25) is 5.76 Å². The molecule has 4 rings (SSSR count). The molecule has 13 heteroatoms. The lowest BCUT2D eigenvalue weighted by molar-refractivity contribution is 0.0388. The third-order valence-corrected chi connectivity index (χ3v) is 9.39. The van der Waals surface area contributed by atoms with Gasteiger partial charge in [-0.1, -0.05) is 24.2 Å². The maximum atomic E-state index is 13.5. The summed E-state index contributed by atoms with van der Waals surface area (Å²) in [6, 6.07) is 8.85. The molecular weight excluding hydrogens is 520 g/mol. The van der Waals surface area contributed by atoms with Crippen molar-refractivity contribution in [2.24, 2.45) is 5.92 Å². The van der Waals surface area contributed by atoms with Crippen LogP contribution in [0.1, 0.15) is 34.8 Å². The first kappa shape index (κ1) is 26.8. The average molecular weight is 549 g/mol. The van der Waals surface area contributed by atoms with E-state index in [1.165, 1.54) is 34.6 Å². The van der Waals surface area contributed by atoms with Crippen LogP contribution < -0.4 is 10.1 Å². The summed E-state index contributed by atoms with van der Waals surface area (Å²) in [4.78, 5) is 27.8. The van der Waals surface area contributed by atoms with Gasteiger partial charge in [-0.15, -0.1) is 11.3 Å². The Morgan fingerprint density at radius 3 is 2.76 bits per heavy atom. The molecule has 37 heavy (non-hydrogen) atoms. The van der Waals surface area contributed by atoms with Crippen LogP contribution >= 0.6 is 11.3 Å². The van der Waals surface area contributed by atoms with Crippen molar-refractivity contribution in [2.75, 3.05) is 32.1 Å². The Balaban J connectivity index is 1.73. The number of aromatic nitrogens is 1. The Morgan fingerprint density at radius 1 is 1.32 bits per heavy atom. The molecule has 0 fully saturated rings. The van der Waals surface area contributed by atoms with Gasteiger partial charge in [0.25, 0.3) is 21.8 Å². The molecule has 11 nitrogen and oxygen atoms in total. The third kappa shape index (κ3) is 5.54. The highest BCUT2D eigenvalue weighted by Crippen LogP contribution is 2.35. The number of hydrogen-bond donors (Lipinski definition) is 2. The predicted molar refractivity (Wildman–Crippen MR) is 136 cm³/mol. The number of sulfonamides is 1. The van der Waals surface area contributed by atoms with Crippen molar-refractivity contribution in [1.82, 2.24) is 14.4 Å². The van der Waals surface area contributed by atoms with Crippen LogP contribution in [0.15, 0.2) is 56.7 Å². The number of carbonyl (C=O) groups excluding carboxylic acids is 2. The predicted octanol–water partition coefficient (Wildman–Crippen LogP) is 2.53. The molecule has 2 N–H and O–H groups in total. The number of nitrogens with one attached hydrogen (secondary N) is 1. The van der Waals surface area contributed by atoms with Crippen molar-refractivity contribution < 1.29 is 32.4 Å². The summed E-state index contributed by atoms with van der Waals surface area (Å²) in [5.41, 5.74) is 0.392. The third-order valence-electron chi connectivity index (χ3n) is 6.20. The molecule has 0 radical (unpaired) electrons. The Morgan fingerprint density at radius 2 is 2.11 bits per heavy atom. The van der Waals surface area contributed by atoms with Crippen LogP contribution in [0.4, 0.5) is 5.69 Å². The summed E-state index contributed by atoms with van der Waals surface area (Å²) >= 11 is 1.12. The van der Waals surface area contributed by atoms with Gasteiger partial charge in [0, 0.05) is 25.6 Å². The Labute approximate surface area is 218 Å². The second-order valence-electron chi connectivity index (χ2n) is 8.85. The fourth-order valence-corrected chi connectivity index (χ4v) is 6.38. The van der Waals surface area contributed by atoms with E-state index < -0.39 is 28.1 Å². The van der Waals surface area contributed by atoms with Gasteiger partial charge in [0.15, 0.2) is 5.75 Å². The number of likely N-dealkylation sites (N-methyl/N-ethyl adjacent to an activating group) is 1. The van der Waals surface area contributed by atoms with Crippen LogP contribution in [0.3, 0.4) is 0 Å². The molecule has 1 aromatic carbocycles. The number of aliphatic hydroxyl groups excluding tert-OH is 1. The Bertz CT molecular complexity index is 1340. The molecular formula is C24H28N4O7S2. The number of ether oxygens (including phenoxy) is 1. The van der Waals surface area contributed by atoms with Gasteiger partial charge in [0.05, 0.1) is 36.6 Å². The monoisotopic (exact) mass is 548 g/mol. The lowest BCUT2D eigenvalue weighted by Gasteiger charge is -2.38. The highest BCUT2D eigenvalue weighted by atomic mass is 32.2. The first-order chi connectivity index (χ1) is 17.6. The Hall–Kier alpha value is -3.26. The zero-order chi connectivity index (χ0) is 26.7. The van der Waals surface area contributed by atoms with Crippen LogP contribution in [0, 0.1) is 5.92 Å². The molecule has 1 aliphatic rings. The van der Waals surface area contributed by atoms with E-state index in [4.69, 9.17) is 9.26 Å². The number of hydrogen-bond acceptors (Lipinski definition) is 9. The van der Waals surface area contributed by atoms with Crippen LogP contribution in [0.25, 0.3) is 0 Å². The fraction of sp³-hybridized carbons (Fsp3) is 0.375. The quantitative estimate of drug-likeness (QED) is 0.437. The van der Waals surface area contributed by atoms with E-state index in [2.05, 4.69) is 10.5 Å². The first-order valence-corrected chi connectivity index (χ1v) is 13.9. The number of amides is 2. The van der Waals surface area contributed by atoms with Gasteiger partial charge < -0.3 is 24.6 Å². The van der Waals surface area contributed by atoms with Gasteiger partial charge >= 0.3 is 0 Å². The number of thiophene rings is 1. The van der Waals surface area contributed by atoms with Gasteiger partial charge in [0.1, 0.15) is 10.3 Å². The smallest absolute Gasteiger partial charge is 0.294 e. The van der Waals surface area contributed by atoms with Gasteiger partial charge in [-0.2, -0.15) is 4.31 Å². The van der Waals surface area contributed by atoms with E-state index in [1.54, 1.807) is 36.6 Å². The first-order valence-electron chi connectivity index (χ1n) is 11.6. The fourth-order valence-electron chi connectivity index (χ4n) is 3.99. The normalized spacial score (nSPS) is 19.1. The highest BCUT2D eigenvalue weighted by Gasteiger charge is 2.36. The molecule has 0 unspecified atom stereocenters. The molecule has 2 amide bonds. The molecule has 2 aromatic heterocycles. The zero-order valence-electron chi connectivity index (χ0n) is 20.5. The summed E-state index contributed by atoms with van der Waals surface area (Å²) in [6.07, 6.45) is 0.642. The number of anilines is 1. The maximum Gasteiger partial charge on any atom is 0.294 e. The van der Waals surface area contributed by atoms with Crippen LogP contribution in [0.5, 0.6) is 5.75 Å². The number of rotatable bonds is 8. The number of aliphatic hydroxyl groups is 1. The molecule has 3 aromatic rings. The number of carbonyl (C=O) groups is 2. The van der Waals surface area contributed by atoms with Crippen molar-refractivity contribution in [3.63, 3.8) is 0 Å². The summed E-state index contributed by atoms with van der Waals surface area (Å²) in [7, 11) is -2.28. The molecule has 0 saturated heterocycles. The number of fused-ring (bicyclic) bond motifs is 1. The van der Waals surface area contributed by atoms with Crippen molar-refractivity contribution in [1.29, 1.82) is 0 Å². The molecule has 0 spiro atoms. The summed E-state index contributed by atoms with van der Waals surface area (Å²) < 4.78 is 38.9. The Kier molecular flexibility index (Phi) is 7.97. The van der Waals surface area contributed by atoms with E-state index in [1.807, 2.05) is 6.92 Å². The minimum absolute atomic E-state index is 0.0131. The van der Waals surface area contributed by atoms with Crippen molar-refractivity contribution >= 4 is 38.9 Å². The summed E-state index contributed by atoms with van der Waals surface area (Å²) in [6.45, 7) is 3.53. The SMILES string of the molecule is C[C@@H]1CN([C@H](C)CO)C(=O)c2cccc(NC(=O)c3ccno3)c2O[C@H]1CN(C)S(=O)(=O)c1cccs1. The van der Waals surface area contributed by atoms with Crippen molar-refractivity contribution in [3.8, 4) is 5.75 Å². The van der Waals surface area contributed by atoms with E-state index in [0.29, 0.717) is 0 Å². The topological polar surface area (TPSA) is 142 Å². The molecule has 0 bridgehead atoms. The molecule has 198 valence electrons. The molecule has 3 atom stereocenters. The second kappa shape index (κ2) is 11.0. The van der Waals surface area contributed by atoms with E-state index in [0.717, 1.165) is 11.3 Å². The number of nitrogens with zero attached hydrogens (tertiary/aromatic N) is 3. The largest absolute Gasteiger partial charge is 0.486 e. The summed E-state index contributed by atoms with van der Waals surface area (Å²) in [5.74, 6) is -1.22. The lowest BCUT2D eigenvalue weighted by atomic mass is 9.99. The number of para-hydroxylation sites is 1. The second-order valence-corrected chi connectivity index (χ2v) is 12.1. The van der Waals surface area contributed by atoms with Crippen molar-refractivity contribution in [2.45, 2.75) is 30.2 Å². The van der Waals surface area contributed by atoms with Crippen LogP contribution in [-0.2, 0) is 10.0 Å². The van der Waals surface area contributed by atoms with E-state index in [9.17, 15) is 23.1 Å². The number of benzene rings is 1. The minimum atomic E-state index is -3.76. The zero-order valence-corrected chi connectivity index (χ0v) is 22.2. The molecule has 1 aliphatic heterocycles. The van der Waals surface area contributed by atoms with Gasteiger partial charge in [-0.3, -0.25) is 9.59 Å². The minimum Gasteiger partial charge on any atom is -0.486 e. The molecule has 3 heterocycles. The average Bonchev–Trinajstić information content (AvgIpc) is 3.61. The molecule has 0 saturated carbocycles. The van der Waals surface area contributed by atoms with E-state index >= 15 is 0 Å². The standard InChI is InChI=1S/C24H28N4O7S2/c1-15-12-28(16(2)14-29)24(31)17-6-4-7-18(26-23(30)19-9-10-25-35-19)22(17)34-20(15)13-27(3)37(32,33)21-8-5-11-36-21/h4-11,15-16,20,29H,12-14H2,1-3H3,(H,26,30)/t15-,16-,20+/m1/s1. The highest BCUT2D eigenvalue weighted by molar-refractivity contribution is 7.91.